The van der Waals surface area contributed by atoms with Crippen molar-refractivity contribution < 1.29 is 4.74 Å². The number of nitrogen functional groups attached to an aromatic ring is 1. The van der Waals surface area contributed by atoms with Gasteiger partial charge in [-0.1, -0.05) is 12.8 Å². The second-order valence-corrected chi connectivity index (χ2v) is 5.68. The van der Waals surface area contributed by atoms with Crippen molar-refractivity contribution in [2.75, 3.05) is 32.5 Å². The Hall–Kier alpha value is -1.20. The van der Waals surface area contributed by atoms with E-state index in [0.29, 0.717) is 11.7 Å². The zero-order valence-corrected chi connectivity index (χ0v) is 11.5. The maximum atomic E-state index is 5.95. The molecular formula is C14H22N4O. The van der Waals surface area contributed by atoms with Crippen LogP contribution in [0.15, 0.2) is 6.07 Å². The molecule has 2 aliphatic rings. The van der Waals surface area contributed by atoms with Gasteiger partial charge in [0.05, 0.1) is 6.61 Å². The molecule has 0 bridgehead atoms. The Morgan fingerprint density at radius 1 is 1.32 bits per heavy atom. The summed E-state index contributed by atoms with van der Waals surface area (Å²) in [5.74, 6) is 1.89. The van der Waals surface area contributed by atoms with Crippen molar-refractivity contribution >= 4 is 5.82 Å². The molecule has 1 unspecified atom stereocenters. The van der Waals surface area contributed by atoms with Gasteiger partial charge in [0.2, 0.25) is 0 Å². The fraction of sp³-hybridized carbons (Fsp3) is 0.714. The highest BCUT2D eigenvalue weighted by Gasteiger charge is 2.25. The average molecular weight is 262 g/mol. The summed E-state index contributed by atoms with van der Waals surface area (Å²) >= 11 is 0. The standard InChI is InChI=1S/C14H22N4O/c1-18-6-7-19-12(9-18)14-16-11(8-13(15)17-14)10-4-2-3-5-10/h8,10,12H,2-7,9H2,1H3,(H2,15,16,17). The van der Waals surface area contributed by atoms with Gasteiger partial charge in [-0.05, 0) is 19.9 Å². The number of nitrogens with two attached hydrogens (primary N) is 1. The van der Waals surface area contributed by atoms with Gasteiger partial charge in [-0.15, -0.1) is 0 Å². The Balaban J connectivity index is 1.84. The maximum absolute atomic E-state index is 5.95. The summed E-state index contributed by atoms with van der Waals surface area (Å²) in [5, 5.41) is 0. The number of nitrogens with zero attached hydrogens (tertiary/aromatic N) is 3. The van der Waals surface area contributed by atoms with Gasteiger partial charge >= 0.3 is 0 Å². The van der Waals surface area contributed by atoms with E-state index in [-0.39, 0.29) is 6.10 Å². The van der Waals surface area contributed by atoms with E-state index in [2.05, 4.69) is 16.9 Å². The first-order valence-corrected chi connectivity index (χ1v) is 7.17. The Bertz CT molecular complexity index is 445. The average Bonchev–Trinajstić information content (AvgIpc) is 2.92. The summed E-state index contributed by atoms with van der Waals surface area (Å²) in [7, 11) is 2.10. The molecule has 0 radical (unpaired) electrons. The third kappa shape index (κ3) is 2.87. The van der Waals surface area contributed by atoms with E-state index in [4.69, 9.17) is 15.5 Å². The number of hydrogen-bond donors (Lipinski definition) is 1. The van der Waals surface area contributed by atoms with Crippen molar-refractivity contribution in [1.82, 2.24) is 14.9 Å². The maximum Gasteiger partial charge on any atom is 0.161 e. The van der Waals surface area contributed by atoms with E-state index in [1.165, 1.54) is 25.7 Å². The van der Waals surface area contributed by atoms with E-state index in [9.17, 15) is 0 Å². The zero-order valence-electron chi connectivity index (χ0n) is 11.5. The van der Waals surface area contributed by atoms with E-state index < -0.39 is 0 Å². The number of aromatic nitrogens is 2. The van der Waals surface area contributed by atoms with Gasteiger partial charge in [-0.3, -0.25) is 0 Å². The lowest BCUT2D eigenvalue weighted by atomic mass is 10.0. The van der Waals surface area contributed by atoms with E-state index >= 15 is 0 Å². The highest BCUT2D eigenvalue weighted by molar-refractivity contribution is 5.32. The molecule has 0 aromatic carbocycles. The molecule has 0 spiro atoms. The first-order chi connectivity index (χ1) is 9.22. The molecule has 19 heavy (non-hydrogen) atoms. The van der Waals surface area contributed by atoms with Crippen LogP contribution in [0.5, 0.6) is 0 Å². The molecule has 1 saturated carbocycles. The van der Waals surface area contributed by atoms with Gasteiger partial charge < -0.3 is 15.4 Å². The van der Waals surface area contributed by atoms with Crippen molar-refractivity contribution in [3.8, 4) is 0 Å². The molecule has 1 atom stereocenters. The lowest BCUT2D eigenvalue weighted by Gasteiger charge is -2.29. The highest BCUT2D eigenvalue weighted by atomic mass is 16.5. The SMILES string of the molecule is CN1CCOC(c2nc(N)cc(C3CCCC3)n2)C1. The van der Waals surface area contributed by atoms with Gasteiger partial charge in [-0.25, -0.2) is 9.97 Å². The van der Waals surface area contributed by atoms with Crippen LogP contribution in [0, 0.1) is 0 Å². The van der Waals surface area contributed by atoms with Crippen LogP contribution in [0.4, 0.5) is 5.82 Å². The number of morpholine rings is 1. The van der Waals surface area contributed by atoms with Crippen LogP contribution in [0.3, 0.4) is 0 Å². The van der Waals surface area contributed by atoms with E-state index in [1.54, 1.807) is 0 Å². The Labute approximate surface area is 114 Å². The quantitative estimate of drug-likeness (QED) is 0.879. The lowest BCUT2D eigenvalue weighted by Crippen LogP contribution is -2.36. The molecule has 5 nitrogen and oxygen atoms in total. The second kappa shape index (κ2) is 5.43. The molecule has 2 fully saturated rings. The minimum absolute atomic E-state index is 0.0394. The van der Waals surface area contributed by atoms with Crippen molar-refractivity contribution in [2.45, 2.75) is 37.7 Å². The minimum Gasteiger partial charge on any atom is -0.384 e. The smallest absolute Gasteiger partial charge is 0.161 e. The molecule has 1 aliphatic carbocycles. The van der Waals surface area contributed by atoms with Gasteiger partial charge in [0.1, 0.15) is 11.9 Å². The molecule has 2 N–H and O–H groups in total. The van der Waals surface area contributed by atoms with Crippen molar-refractivity contribution in [1.29, 1.82) is 0 Å². The summed E-state index contributed by atoms with van der Waals surface area (Å²) in [4.78, 5) is 11.4. The highest BCUT2D eigenvalue weighted by Crippen LogP contribution is 2.34. The summed E-state index contributed by atoms with van der Waals surface area (Å²) in [6.07, 6.45) is 5.00. The Morgan fingerprint density at radius 3 is 2.84 bits per heavy atom. The van der Waals surface area contributed by atoms with Crippen molar-refractivity contribution in [3.63, 3.8) is 0 Å². The van der Waals surface area contributed by atoms with Crippen LogP contribution < -0.4 is 5.73 Å². The number of hydrogen-bond acceptors (Lipinski definition) is 5. The summed E-state index contributed by atoms with van der Waals surface area (Å²) in [6.45, 7) is 2.54. The summed E-state index contributed by atoms with van der Waals surface area (Å²) < 4.78 is 5.78. The third-order valence-corrected chi connectivity index (χ3v) is 4.11. The molecule has 2 heterocycles. The fourth-order valence-electron chi connectivity index (χ4n) is 3.01. The van der Waals surface area contributed by atoms with Gasteiger partial charge in [-0.2, -0.15) is 0 Å². The number of anilines is 1. The van der Waals surface area contributed by atoms with Crippen LogP contribution in [0.25, 0.3) is 0 Å². The largest absolute Gasteiger partial charge is 0.384 e. The summed E-state index contributed by atoms with van der Waals surface area (Å²) in [5.41, 5.74) is 7.06. The van der Waals surface area contributed by atoms with Crippen LogP contribution in [0.1, 0.15) is 49.2 Å². The topological polar surface area (TPSA) is 64.3 Å². The lowest BCUT2D eigenvalue weighted by molar-refractivity contribution is -0.0255. The molecular weight excluding hydrogens is 240 g/mol. The Morgan fingerprint density at radius 2 is 2.11 bits per heavy atom. The third-order valence-electron chi connectivity index (χ3n) is 4.11. The van der Waals surface area contributed by atoms with Gasteiger partial charge in [0.25, 0.3) is 0 Å². The Kier molecular flexibility index (Phi) is 3.66. The molecule has 1 aromatic rings. The predicted molar refractivity (Wildman–Crippen MR) is 73.8 cm³/mol. The van der Waals surface area contributed by atoms with Crippen LogP contribution in [-0.4, -0.2) is 41.6 Å². The van der Waals surface area contributed by atoms with Gasteiger partial charge in [0, 0.05) is 30.8 Å². The minimum atomic E-state index is -0.0394. The van der Waals surface area contributed by atoms with Crippen LogP contribution in [-0.2, 0) is 4.74 Å². The zero-order chi connectivity index (χ0) is 13.2. The fourth-order valence-corrected chi connectivity index (χ4v) is 3.01. The first kappa shape index (κ1) is 12.8. The molecule has 1 aromatic heterocycles. The van der Waals surface area contributed by atoms with Crippen LogP contribution in [0.2, 0.25) is 0 Å². The van der Waals surface area contributed by atoms with Crippen molar-refractivity contribution in [3.05, 3.63) is 17.6 Å². The second-order valence-electron chi connectivity index (χ2n) is 5.68. The molecule has 104 valence electrons. The first-order valence-electron chi connectivity index (χ1n) is 7.17. The predicted octanol–water partition coefficient (Wildman–Crippen LogP) is 1.72. The van der Waals surface area contributed by atoms with Gasteiger partial charge in [0.15, 0.2) is 5.82 Å². The molecule has 5 heteroatoms. The molecule has 1 saturated heterocycles. The molecule has 1 aliphatic heterocycles. The monoisotopic (exact) mass is 262 g/mol. The number of ether oxygens (including phenoxy) is 1. The molecule has 3 rings (SSSR count). The van der Waals surface area contributed by atoms with Crippen molar-refractivity contribution in [2.24, 2.45) is 0 Å². The number of likely N-dealkylation sites (N-methyl/N-ethyl adjacent to an activating group) is 1. The molecule has 0 amide bonds. The number of rotatable bonds is 2. The van der Waals surface area contributed by atoms with E-state index in [1.807, 2.05) is 6.07 Å². The summed E-state index contributed by atoms with van der Waals surface area (Å²) in [6, 6.07) is 1.94. The van der Waals surface area contributed by atoms with Crippen LogP contribution >= 0.6 is 0 Å². The normalized spacial score (nSPS) is 25.8. The van der Waals surface area contributed by atoms with E-state index in [0.717, 1.165) is 31.2 Å².